The fourth-order valence-corrected chi connectivity index (χ4v) is 2.39. The first kappa shape index (κ1) is 12.4. The summed E-state index contributed by atoms with van der Waals surface area (Å²) in [4.78, 5) is 14.3. The lowest BCUT2D eigenvalue weighted by atomic mass is 10.1. The van der Waals surface area contributed by atoms with Crippen LogP contribution in [0, 0.1) is 0 Å². The molecule has 1 fully saturated rings. The first-order valence-corrected chi connectivity index (χ1v) is 6.45. The van der Waals surface area contributed by atoms with Crippen LogP contribution in [0.2, 0.25) is 0 Å². The topological polar surface area (TPSA) is 48.0 Å². The van der Waals surface area contributed by atoms with Crippen LogP contribution in [0.1, 0.15) is 16.8 Å². The standard InChI is InChI=1S/C14H17NO4/c1-15(11-4-5-17-8-11)7-12(16)10-2-3-13-14(6-10)19-9-18-13/h2-3,6,11H,4-5,7-9H2,1H3. The maximum absolute atomic E-state index is 12.2. The first-order chi connectivity index (χ1) is 9.24. The van der Waals surface area contributed by atoms with Gasteiger partial charge in [-0.2, -0.15) is 0 Å². The molecule has 19 heavy (non-hydrogen) atoms. The van der Waals surface area contributed by atoms with E-state index < -0.39 is 0 Å². The molecule has 1 aromatic rings. The molecule has 1 unspecified atom stereocenters. The van der Waals surface area contributed by atoms with E-state index in [1.165, 1.54) is 0 Å². The molecule has 0 radical (unpaired) electrons. The van der Waals surface area contributed by atoms with Gasteiger partial charge < -0.3 is 14.2 Å². The number of fused-ring (bicyclic) bond motifs is 1. The third-order valence-corrected chi connectivity index (χ3v) is 3.62. The van der Waals surface area contributed by atoms with Crippen molar-refractivity contribution in [2.24, 2.45) is 0 Å². The summed E-state index contributed by atoms with van der Waals surface area (Å²) >= 11 is 0. The van der Waals surface area contributed by atoms with Gasteiger partial charge in [-0.1, -0.05) is 0 Å². The smallest absolute Gasteiger partial charge is 0.231 e. The molecule has 0 amide bonds. The number of nitrogens with zero attached hydrogens (tertiary/aromatic N) is 1. The van der Waals surface area contributed by atoms with Crippen LogP contribution in [0.4, 0.5) is 0 Å². The Morgan fingerprint density at radius 3 is 3.00 bits per heavy atom. The Morgan fingerprint density at radius 1 is 1.37 bits per heavy atom. The van der Waals surface area contributed by atoms with Crippen molar-refractivity contribution >= 4 is 5.78 Å². The average molecular weight is 263 g/mol. The van der Waals surface area contributed by atoms with Crippen molar-refractivity contribution in [2.75, 3.05) is 33.6 Å². The van der Waals surface area contributed by atoms with E-state index in [1.807, 2.05) is 7.05 Å². The lowest BCUT2D eigenvalue weighted by Gasteiger charge is -2.21. The van der Waals surface area contributed by atoms with Crippen LogP contribution in [0.3, 0.4) is 0 Å². The number of hydrogen-bond donors (Lipinski definition) is 0. The Balaban J connectivity index is 1.66. The van der Waals surface area contributed by atoms with Crippen LogP contribution in [-0.2, 0) is 4.74 Å². The van der Waals surface area contributed by atoms with E-state index in [1.54, 1.807) is 18.2 Å². The van der Waals surface area contributed by atoms with Crippen molar-refractivity contribution in [3.8, 4) is 11.5 Å². The summed E-state index contributed by atoms with van der Waals surface area (Å²) in [6.07, 6.45) is 0.991. The van der Waals surface area contributed by atoms with Crippen LogP contribution in [-0.4, -0.2) is 50.3 Å². The van der Waals surface area contributed by atoms with Crippen molar-refractivity contribution in [2.45, 2.75) is 12.5 Å². The molecule has 5 heteroatoms. The summed E-state index contributed by atoms with van der Waals surface area (Å²) in [7, 11) is 1.96. The third-order valence-electron chi connectivity index (χ3n) is 3.62. The minimum atomic E-state index is 0.0905. The van der Waals surface area contributed by atoms with Gasteiger partial charge >= 0.3 is 0 Å². The monoisotopic (exact) mass is 263 g/mol. The summed E-state index contributed by atoms with van der Waals surface area (Å²) in [6, 6.07) is 5.67. The van der Waals surface area contributed by atoms with Crippen molar-refractivity contribution in [3.05, 3.63) is 23.8 Å². The molecule has 2 aliphatic heterocycles. The van der Waals surface area contributed by atoms with Crippen LogP contribution >= 0.6 is 0 Å². The number of ketones is 1. The molecule has 1 saturated heterocycles. The molecule has 3 rings (SSSR count). The highest BCUT2D eigenvalue weighted by Crippen LogP contribution is 2.32. The lowest BCUT2D eigenvalue weighted by molar-refractivity contribution is 0.0906. The van der Waals surface area contributed by atoms with Crippen molar-refractivity contribution in [3.63, 3.8) is 0 Å². The minimum Gasteiger partial charge on any atom is -0.454 e. The van der Waals surface area contributed by atoms with E-state index in [0.717, 1.165) is 13.0 Å². The quantitative estimate of drug-likeness (QED) is 0.767. The number of Topliss-reactive ketones (excluding diaryl/α,β-unsaturated/α-hetero) is 1. The molecule has 0 bridgehead atoms. The van der Waals surface area contributed by atoms with Crippen LogP contribution in [0.5, 0.6) is 11.5 Å². The number of likely N-dealkylation sites (N-methyl/N-ethyl adjacent to an activating group) is 1. The van der Waals surface area contributed by atoms with Gasteiger partial charge in [0, 0.05) is 18.2 Å². The molecule has 1 atom stereocenters. The number of carbonyl (C=O) groups is 1. The molecule has 0 saturated carbocycles. The molecule has 0 N–H and O–H groups in total. The van der Waals surface area contributed by atoms with Gasteiger partial charge in [0.2, 0.25) is 6.79 Å². The molecule has 102 valence electrons. The van der Waals surface area contributed by atoms with Gasteiger partial charge in [0.25, 0.3) is 0 Å². The second kappa shape index (κ2) is 5.19. The maximum Gasteiger partial charge on any atom is 0.231 e. The normalized spacial score (nSPS) is 21.1. The SMILES string of the molecule is CN(CC(=O)c1ccc2c(c1)OCO2)C1CCOC1. The summed E-state index contributed by atoms with van der Waals surface area (Å²) in [5, 5.41) is 0. The lowest BCUT2D eigenvalue weighted by Crippen LogP contribution is -2.36. The van der Waals surface area contributed by atoms with Crippen molar-refractivity contribution in [1.29, 1.82) is 0 Å². The van der Waals surface area contributed by atoms with Gasteiger partial charge in [-0.25, -0.2) is 0 Å². The van der Waals surface area contributed by atoms with Crippen LogP contribution in [0.15, 0.2) is 18.2 Å². The van der Waals surface area contributed by atoms with Gasteiger partial charge in [-0.15, -0.1) is 0 Å². The average Bonchev–Trinajstić information content (AvgIpc) is 3.09. The van der Waals surface area contributed by atoms with Crippen molar-refractivity contribution < 1.29 is 19.0 Å². The predicted molar refractivity (Wildman–Crippen MR) is 68.7 cm³/mol. The molecular weight excluding hydrogens is 246 g/mol. The van der Waals surface area contributed by atoms with E-state index in [4.69, 9.17) is 14.2 Å². The van der Waals surface area contributed by atoms with E-state index in [-0.39, 0.29) is 12.6 Å². The zero-order valence-corrected chi connectivity index (χ0v) is 10.9. The highest BCUT2D eigenvalue weighted by molar-refractivity contribution is 5.98. The van der Waals surface area contributed by atoms with Gasteiger partial charge in [0.1, 0.15) is 0 Å². The molecule has 5 nitrogen and oxygen atoms in total. The second-order valence-corrected chi connectivity index (χ2v) is 4.92. The zero-order valence-electron chi connectivity index (χ0n) is 10.9. The summed E-state index contributed by atoms with van der Waals surface area (Å²) in [5.74, 6) is 1.44. The molecule has 2 aliphatic rings. The zero-order chi connectivity index (χ0) is 13.2. The number of hydrogen-bond acceptors (Lipinski definition) is 5. The Hall–Kier alpha value is -1.59. The summed E-state index contributed by atoms with van der Waals surface area (Å²) < 4.78 is 15.9. The van der Waals surface area contributed by atoms with E-state index in [9.17, 15) is 4.79 Å². The first-order valence-electron chi connectivity index (χ1n) is 6.45. The Kier molecular flexibility index (Phi) is 3.40. The summed E-state index contributed by atoms with van der Waals surface area (Å²) in [5.41, 5.74) is 0.662. The van der Waals surface area contributed by atoms with Crippen LogP contribution < -0.4 is 9.47 Å². The predicted octanol–water partition coefficient (Wildman–Crippen LogP) is 1.32. The molecule has 0 aromatic heterocycles. The number of ether oxygens (including phenoxy) is 3. The minimum absolute atomic E-state index is 0.0905. The molecule has 1 aromatic carbocycles. The largest absolute Gasteiger partial charge is 0.454 e. The van der Waals surface area contributed by atoms with E-state index in [0.29, 0.717) is 36.3 Å². The van der Waals surface area contributed by atoms with E-state index >= 15 is 0 Å². The van der Waals surface area contributed by atoms with Gasteiger partial charge in [-0.3, -0.25) is 9.69 Å². The highest BCUT2D eigenvalue weighted by Gasteiger charge is 2.23. The second-order valence-electron chi connectivity index (χ2n) is 4.92. The number of carbonyl (C=O) groups excluding carboxylic acids is 1. The summed E-state index contributed by atoms with van der Waals surface area (Å²) in [6.45, 7) is 2.12. The Labute approximate surface area is 112 Å². The fraction of sp³-hybridized carbons (Fsp3) is 0.500. The number of rotatable bonds is 4. The van der Waals surface area contributed by atoms with Gasteiger partial charge in [-0.05, 0) is 31.7 Å². The Bertz CT molecular complexity index is 482. The van der Waals surface area contributed by atoms with Gasteiger partial charge in [0.15, 0.2) is 17.3 Å². The van der Waals surface area contributed by atoms with Gasteiger partial charge in [0.05, 0.1) is 13.2 Å². The fourth-order valence-electron chi connectivity index (χ4n) is 2.39. The molecule has 0 aliphatic carbocycles. The van der Waals surface area contributed by atoms with Crippen LogP contribution in [0.25, 0.3) is 0 Å². The van der Waals surface area contributed by atoms with E-state index in [2.05, 4.69) is 4.90 Å². The number of benzene rings is 1. The van der Waals surface area contributed by atoms with Crippen molar-refractivity contribution in [1.82, 2.24) is 4.90 Å². The maximum atomic E-state index is 12.2. The molecule has 0 spiro atoms. The molecule has 2 heterocycles. The highest BCUT2D eigenvalue weighted by atomic mass is 16.7. The molecular formula is C14H17NO4. The Morgan fingerprint density at radius 2 is 2.21 bits per heavy atom. The third kappa shape index (κ3) is 2.57.